The van der Waals surface area contributed by atoms with E-state index in [1.165, 1.54) is 18.2 Å². The van der Waals surface area contributed by atoms with Gasteiger partial charge in [0.1, 0.15) is 5.82 Å². The van der Waals surface area contributed by atoms with E-state index in [0.29, 0.717) is 10.8 Å². The highest BCUT2D eigenvalue weighted by molar-refractivity contribution is 7.99. The van der Waals surface area contributed by atoms with Crippen molar-refractivity contribution >= 4 is 17.7 Å². The molecule has 21 heavy (non-hydrogen) atoms. The molecule has 1 aliphatic rings. The average Bonchev–Trinajstić information content (AvgIpc) is 2.86. The number of amides is 1. The van der Waals surface area contributed by atoms with Crippen LogP contribution in [0, 0.1) is 5.82 Å². The third-order valence-corrected chi connectivity index (χ3v) is 5.00. The molecule has 0 aromatic heterocycles. The van der Waals surface area contributed by atoms with Gasteiger partial charge in [0, 0.05) is 11.3 Å². The maximum atomic E-state index is 13.1. The Morgan fingerprint density at radius 3 is 3.05 bits per heavy atom. The highest BCUT2D eigenvalue weighted by Gasteiger charge is 2.26. The number of aliphatic hydroxyl groups is 1. The second kappa shape index (κ2) is 7.80. The van der Waals surface area contributed by atoms with Gasteiger partial charge in [-0.3, -0.25) is 4.79 Å². The van der Waals surface area contributed by atoms with Gasteiger partial charge in [-0.05, 0) is 42.7 Å². The van der Waals surface area contributed by atoms with Crippen LogP contribution in [-0.4, -0.2) is 28.1 Å². The molecule has 1 aromatic carbocycles. The van der Waals surface area contributed by atoms with Crippen LogP contribution >= 0.6 is 11.8 Å². The molecule has 2 N–H and O–H groups in total. The molecule has 5 heteroatoms. The first-order valence-corrected chi connectivity index (χ1v) is 8.48. The summed E-state index contributed by atoms with van der Waals surface area (Å²) in [6.45, 7) is 2.14. The number of rotatable bonds is 6. The standard InChI is InChI=1S/C16H22FNO2S/c1-2-21-14-7-6-13(9-14)18-16(20)10-15(19)11-4-3-5-12(17)8-11/h3-5,8,13-15,19H,2,6-7,9-10H2,1H3,(H,18,20)/t13-,14+,15+/m0/s1. The Kier molecular flexibility index (Phi) is 6.06. The average molecular weight is 311 g/mol. The molecular weight excluding hydrogens is 289 g/mol. The van der Waals surface area contributed by atoms with E-state index in [0.717, 1.165) is 25.0 Å². The van der Waals surface area contributed by atoms with Crippen LogP contribution in [0.15, 0.2) is 24.3 Å². The number of nitrogens with one attached hydrogen (secondary N) is 1. The van der Waals surface area contributed by atoms with Crippen LogP contribution in [0.5, 0.6) is 0 Å². The lowest BCUT2D eigenvalue weighted by Crippen LogP contribution is -2.34. The zero-order chi connectivity index (χ0) is 15.2. The van der Waals surface area contributed by atoms with Gasteiger partial charge in [0.15, 0.2) is 0 Å². The summed E-state index contributed by atoms with van der Waals surface area (Å²) in [6.07, 6.45) is 2.16. The molecular formula is C16H22FNO2S. The second-order valence-corrected chi connectivity index (χ2v) is 7.01. The molecule has 2 rings (SSSR count). The van der Waals surface area contributed by atoms with Crippen LogP contribution in [0.3, 0.4) is 0 Å². The molecule has 0 spiro atoms. The second-order valence-electron chi connectivity index (χ2n) is 5.43. The molecule has 1 amide bonds. The predicted octanol–water partition coefficient (Wildman–Crippen LogP) is 3.04. The largest absolute Gasteiger partial charge is 0.388 e. The number of carbonyl (C=O) groups is 1. The van der Waals surface area contributed by atoms with Crippen molar-refractivity contribution in [2.75, 3.05) is 5.75 Å². The third kappa shape index (κ3) is 5.00. The van der Waals surface area contributed by atoms with Crippen LogP contribution in [0.25, 0.3) is 0 Å². The predicted molar refractivity (Wildman–Crippen MR) is 83.7 cm³/mol. The lowest BCUT2D eigenvalue weighted by molar-refractivity contribution is -0.123. The molecule has 1 fully saturated rings. The van der Waals surface area contributed by atoms with E-state index >= 15 is 0 Å². The van der Waals surface area contributed by atoms with Crippen molar-refractivity contribution < 1.29 is 14.3 Å². The maximum absolute atomic E-state index is 13.1. The Labute approximate surface area is 129 Å². The zero-order valence-electron chi connectivity index (χ0n) is 12.2. The van der Waals surface area contributed by atoms with Crippen LogP contribution in [0.1, 0.15) is 44.3 Å². The Hall–Kier alpha value is -1.07. The summed E-state index contributed by atoms with van der Waals surface area (Å²) in [5, 5.41) is 13.6. The normalized spacial score (nSPS) is 23.0. The number of halogens is 1. The smallest absolute Gasteiger partial charge is 0.223 e. The van der Waals surface area contributed by atoms with Gasteiger partial charge in [0.05, 0.1) is 12.5 Å². The SMILES string of the molecule is CCS[C@@H]1CC[C@H](NC(=O)C[C@@H](O)c2cccc(F)c2)C1. The number of hydrogen-bond donors (Lipinski definition) is 2. The van der Waals surface area contributed by atoms with Gasteiger partial charge in [-0.1, -0.05) is 19.1 Å². The number of hydrogen-bond acceptors (Lipinski definition) is 3. The van der Waals surface area contributed by atoms with E-state index in [-0.39, 0.29) is 18.4 Å². The fraction of sp³-hybridized carbons (Fsp3) is 0.562. The molecule has 1 aromatic rings. The first kappa shape index (κ1) is 16.3. The maximum Gasteiger partial charge on any atom is 0.223 e. The molecule has 116 valence electrons. The molecule has 1 aliphatic carbocycles. The van der Waals surface area contributed by atoms with Crippen LogP contribution in [0.2, 0.25) is 0 Å². The minimum absolute atomic E-state index is 0.0223. The number of carbonyl (C=O) groups excluding carboxylic acids is 1. The minimum Gasteiger partial charge on any atom is -0.388 e. The van der Waals surface area contributed by atoms with Gasteiger partial charge in [0.2, 0.25) is 5.91 Å². The van der Waals surface area contributed by atoms with Crippen LogP contribution in [-0.2, 0) is 4.79 Å². The lowest BCUT2D eigenvalue weighted by atomic mass is 10.1. The van der Waals surface area contributed by atoms with E-state index in [1.54, 1.807) is 6.07 Å². The van der Waals surface area contributed by atoms with E-state index in [9.17, 15) is 14.3 Å². The Morgan fingerprint density at radius 1 is 1.52 bits per heavy atom. The summed E-state index contributed by atoms with van der Waals surface area (Å²) in [6, 6.07) is 5.96. The van der Waals surface area contributed by atoms with Crippen molar-refractivity contribution in [1.82, 2.24) is 5.32 Å². The summed E-state index contributed by atoms with van der Waals surface area (Å²) in [5.74, 6) is 0.532. The molecule has 0 unspecified atom stereocenters. The Morgan fingerprint density at radius 2 is 2.33 bits per heavy atom. The molecule has 0 bridgehead atoms. The van der Waals surface area contributed by atoms with E-state index < -0.39 is 11.9 Å². The van der Waals surface area contributed by atoms with Gasteiger partial charge in [-0.25, -0.2) is 4.39 Å². The summed E-state index contributed by atoms with van der Waals surface area (Å²) in [4.78, 5) is 12.0. The molecule has 3 nitrogen and oxygen atoms in total. The van der Waals surface area contributed by atoms with Crippen LogP contribution in [0.4, 0.5) is 4.39 Å². The van der Waals surface area contributed by atoms with Crippen molar-refractivity contribution in [2.24, 2.45) is 0 Å². The molecule has 0 aliphatic heterocycles. The fourth-order valence-corrected chi connectivity index (χ4v) is 3.89. The Balaban J connectivity index is 1.79. The highest BCUT2D eigenvalue weighted by atomic mass is 32.2. The highest BCUT2D eigenvalue weighted by Crippen LogP contribution is 2.29. The van der Waals surface area contributed by atoms with Crippen molar-refractivity contribution in [2.45, 2.75) is 50.0 Å². The first-order chi connectivity index (χ1) is 10.1. The number of benzene rings is 1. The van der Waals surface area contributed by atoms with Gasteiger partial charge >= 0.3 is 0 Å². The van der Waals surface area contributed by atoms with Crippen molar-refractivity contribution in [3.63, 3.8) is 0 Å². The molecule has 0 radical (unpaired) electrons. The molecule has 3 atom stereocenters. The molecule has 0 saturated heterocycles. The minimum atomic E-state index is -0.956. The molecule has 1 saturated carbocycles. The van der Waals surface area contributed by atoms with Gasteiger partial charge in [-0.15, -0.1) is 0 Å². The van der Waals surface area contributed by atoms with E-state index in [1.807, 2.05) is 11.8 Å². The van der Waals surface area contributed by atoms with Gasteiger partial charge in [-0.2, -0.15) is 11.8 Å². The van der Waals surface area contributed by atoms with Gasteiger partial charge < -0.3 is 10.4 Å². The third-order valence-electron chi connectivity index (χ3n) is 3.76. The zero-order valence-corrected chi connectivity index (χ0v) is 13.0. The van der Waals surface area contributed by atoms with Crippen molar-refractivity contribution in [1.29, 1.82) is 0 Å². The lowest BCUT2D eigenvalue weighted by Gasteiger charge is -2.15. The topological polar surface area (TPSA) is 49.3 Å². The van der Waals surface area contributed by atoms with Crippen LogP contribution < -0.4 is 5.32 Å². The fourth-order valence-electron chi connectivity index (χ4n) is 2.75. The quantitative estimate of drug-likeness (QED) is 0.849. The van der Waals surface area contributed by atoms with Gasteiger partial charge in [0.25, 0.3) is 0 Å². The van der Waals surface area contributed by atoms with E-state index in [4.69, 9.17) is 0 Å². The van der Waals surface area contributed by atoms with Crippen molar-refractivity contribution in [3.05, 3.63) is 35.6 Å². The monoisotopic (exact) mass is 311 g/mol. The number of thioether (sulfide) groups is 1. The summed E-state index contributed by atoms with van der Waals surface area (Å²) < 4.78 is 13.1. The summed E-state index contributed by atoms with van der Waals surface area (Å²) in [5.41, 5.74) is 0.441. The summed E-state index contributed by atoms with van der Waals surface area (Å²) in [7, 11) is 0. The number of aliphatic hydroxyl groups excluding tert-OH is 1. The first-order valence-electron chi connectivity index (χ1n) is 7.43. The molecule has 0 heterocycles. The summed E-state index contributed by atoms with van der Waals surface area (Å²) >= 11 is 1.94. The van der Waals surface area contributed by atoms with E-state index in [2.05, 4.69) is 12.2 Å². The Bertz CT molecular complexity index is 483. The van der Waals surface area contributed by atoms with Crippen molar-refractivity contribution in [3.8, 4) is 0 Å².